The van der Waals surface area contributed by atoms with E-state index in [-0.39, 0.29) is 32.2 Å². The Bertz CT molecular complexity index is 1180. The molecule has 3 aromatic rings. The van der Waals surface area contributed by atoms with Gasteiger partial charge in [-0.25, -0.2) is 6.08 Å². The Morgan fingerprint density at radius 3 is 1.95 bits per heavy atom. The first-order valence-electron chi connectivity index (χ1n) is 12.2. The molecule has 0 fully saturated rings. The standard InChI is InChI=1S/C17H13.C10H15.C7H7.CH3.CH2.2ClH.Zr/c1-3-12-5-7-14-11-15-8-6-13(4-2)10-17(15)16(14)9-12;1-8-5-6-9(7-8)10(2,3)4;1-7-5-3-2-4-6-7;;;;;/h3-7,9-10H,1-2,11H2;6-8H,1-4H3;3-6H,1H3;1H3;1H2;2*1H;/q4*-1;;;;. The SMILES string of the molecule is C=Cc1c[c-]c2c(c1)-c1cc(C=C)ccc1C2.CC1[C-]=CC(C(C)(C)C)=C1.Cc1cc[c-]cc1.Cl.Cl.[CH2]=[Zr].[CH3-]. The van der Waals surface area contributed by atoms with E-state index in [2.05, 4.69) is 107 Å². The summed E-state index contributed by atoms with van der Waals surface area (Å²) in [6, 6.07) is 24.9. The van der Waals surface area contributed by atoms with Crippen LogP contribution in [0.15, 0.2) is 85.5 Å². The second-order valence-corrected chi connectivity index (χ2v) is 9.88. The van der Waals surface area contributed by atoms with Crippen molar-refractivity contribution in [1.82, 2.24) is 0 Å². The van der Waals surface area contributed by atoms with Crippen molar-refractivity contribution in [3.63, 3.8) is 0 Å². The monoisotopic (exact) mass is 634 g/mol. The van der Waals surface area contributed by atoms with Crippen molar-refractivity contribution in [2.45, 2.75) is 41.0 Å². The summed E-state index contributed by atoms with van der Waals surface area (Å²) >= 11 is 1.30. The van der Waals surface area contributed by atoms with Gasteiger partial charge in [-0.1, -0.05) is 87.9 Å². The Balaban J connectivity index is 0. The molecule has 0 heterocycles. The van der Waals surface area contributed by atoms with Crippen molar-refractivity contribution < 1.29 is 24.2 Å². The molecular weight excluding hydrogens is 595 g/mol. The number of hydrogen-bond donors (Lipinski definition) is 0. The molecule has 0 radical (unpaired) electrons. The molecule has 0 spiro atoms. The van der Waals surface area contributed by atoms with Gasteiger partial charge in [-0.05, 0) is 12.0 Å². The molecule has 5 rings (SSSR count). The van der Waals surface area contributed by atoms with Crippen LogP contribution in [0.2, 0.25) is 0 Å². The van der Waals surface area contributed by atoms with Crippen molar-refractivity contribution >= 4 is 41.2 Å². The molecule has 1 unspecified atom stereocenters. The maximum Gasteiger partial charge on any atom is -0.358 e. The minimum Gasteiger partial charge on any atom is -0.358 e. The Morgan fingerprint density at radius 1 is 0.923 bits per heavy atom. The number of aryl methyl sites for hydroxylation is 1. The van der Waals surface area contributed by atoms with Crippen LogP contribution in [0, 0.1) is 43.9 Å². The molecule has 3 heteroatoms. The predicted octanol–water partition coefficient (Wildman–Crippen LogP) is 10.4. The summed E-state index contributed by atoms with van der Waals surface area (Å²) in [5.74, 6) is 0.522. The van der Waals surface area contributed by atoms with Gasteiger partial charge in [0.15, 0.2) is 0 Å². The zero-order chi connectivity index (χ0) is 26.7. The van der Waals surface area contributed by atoms with Crippen LogP contribution in [0.5, 0.6) is 0 Å². The molecule has 1 atom stereocenters. The van der Waals surface area contributed by atoms with Gasteiger partial charge in [0.25, 0.3) is 0 Å². The van der Waals surface area contributed by atoms with Gasteiger partial charge in [0.05, 0.1) is 0 Å². The molecule has 39 heavy (non-hydrogen) atoms. The van der Waals surface area contributed by atoms with Crippen LogP contribution in [0.1, 0.15) is 55.5 Å². The van der Waals surface area contributed by atoms with E-state index in [0.29, 0.717) is 11.3 Å². The zero-order valence-electron chi connectivity index (χ0n) is 24.2. The van der Waals surface area contributed by atoms with Crippen molar-refractivity contribution in [3.8, 4) is 11.1 Å². The average molecular weight is 637 g/mol. The first-order chi connectivity index (χ1) is 17.2. The third-order valence-electron chi connectivity index (χ3n) is 5.99. The van der Waals surface area contributed by atoms with E-state index in [4.69, 9.17) is 0 Å². The van der Waals surface area contributed by atoms with Crippen molar-refractivity contribution in [2.75, 3.05) is 0 Å². The fourth-order valence-electron chi connectivity index (χ4n) is 3.89. The molecule has 3 aromatic carbocycles. The average Bonchev–Trinajstić information content (AvgIpc) is 3.49. The second-order valence-electron chi connectivity index (χ2n) is 9.88. The number of halogens is 2. The Morgan fingerprint density at radius 2 is 1.51 bits per heavy atom. The maximum atomic E-state index is 3.82. The minimum absolute atomic E-state index is 0. The van der Waals surface area contributed by atoms with E-state index >= 15 is 0 Å². The van der Waals surface area contributed by atoms with E-state index in [1.54, 1.807) is 0 Å². The summed E-state index contributed by atoms with van der Waals surface area (Å²) in [7, 11) is 0. The first kappa shape index (κ1) is 39.1. The maximum absolute atomic E-state index is 3.82. The molecule has 0 saturated carbocycles. The topological polar surface area (TPSA) is 0 Å². The summed E-state index contributed by atoms with van der Waals surface area (Å²) in [5, 5.41) is 0. The third-order valence-corrected chi connectivity index (χ3v) is 5.99. The first-order valence-corrected chi connectivity index (χ1v) is 14.0. The predicted molar refractivity (Wildman–Crippen MR) is 176 cm³/mol. The van der Waals surface area contributed by atoms with Gasteiger partial charge in [0, 0.05) is 0 Å². The molecule has 0 aliphatic heterocycles. The van der Waals surface area contributed by atoms with Gasteiger partial charge in [-0.2, -0.15) is 71.3 Å². The minimum atomic E-state index is 0. The van der Waals surface area contributed by atoms with Gasteiger partial charge in [0.1, 0.15) is 0 Å². The molecule has 208 valence electrons. The molecule has 2 aliphatic rings. The number of benzene rings is 3. The van der Waals surface area contributed by atoms with E-state index in [1.165, 1.54) is 63.2 Å². The fourth-order valence-corrected chi connectivity index (χ4v) is 3.89. The van der Waals surface area contributed by atoms with Crippen LogP contribution < -0.4 is 0 Å². The number of fused-ring (bicyclic) bond motifs is 3. The zero-order valence-corrected chi connectivity index (χ0v) is 28.3. The number of rotatable bonds is 2. The van der Waals surface area contributed by atoms with Crippen LogP contribution in [0.4, 0.5) is 0 Å². The molecule has 0 saturated heterocycles. The van der Waals surface area contributed by atoms with Gasteiger partial charge in [0.2, 0.25) is 0 Å². The third kappa shape index (κ3) is 11.9. The second kappa shape index (κ2) is 19.1. The van der Waals surface area contributed by atoms with Gasteiger partial charge >= 0.3 is 28.4 Å². The van der Waals surface area contributed by atoms with Crippen LogP contribution >= 0.6 is 24.8 Å². The molecule has 2 aliphatic carbocycles. The largest absolute Gasteiger partial charge is 0.358 e. The van der Waals surface area contributed by atoms with Gasteiger partial charge < -0.3 is 7.43 Å². The number of allylic oxidation sites excluding steroid dienone is 4. The van der Waals surface area contributed by atoms with E-state index in [0.717, 1.165) is 12.0 Å². The molecule has 0 N–H and O–H groups in total. The van der Waals surface area contributed by atoms with E-state index < -0.39 is 0 Å². The fraction of sp³-hybridized carbons (Fsp3) is 0.222. The Hall–Kier alpha value is -2.05. The summed E-state index contributed by atoms with van der Waals surface area (Å²) in [5.41, 5.74) is 10.6. The summed E-state index contributed by atoms with van der Waals surface area (Å²) in [4.78, 5) is 0. The Labute approximate surface area is 266 Å². The summed E-state index contributed by atoms with van der Waals surface area (Å²) in [6.45, 7) is 18.6. The van der Waals surface area contributed by atoms with Crippen LogP contribution in [0.3, 0.4) is 0 Å². The molecule has 0 nitrogen and oxygen atoms in total. The normalized spacial score (nSPS) is 13.2. The Kier molecular flexibility index (Phi) is 19.1. The van der Waals surface area contributed by atoms with Crippen LogP contribution in [-0.4, -0.2) is 4.21 Å². The summed E-state index contributed by atoms with van der Waals surface area (Å²) in [6.07, 6.45) is 12.4. The molecular formula is C36H42Cl2Zr-4. The van der Waals surface area contributed by atoms with E-state index in [9.17, 15) is 0 Å². The van der Waals surface area contributed by atoms with E-state index in [1.807, 2.05) is 42.5 Å². The molecule has 0 amide bonds. The van der Waals surface area contributed by atoms with Crippen molar-refractivity contribution in [3.05, 3.63) is 139 Å². The van der Waals surface area contributed by atoms with Gasteiger partial charge in [-0.15, -0.1) is 48.6 Å². The van der Waals surface area contributed by atoms with Crippen molar-refractivity contribution in [1.29, 1.82) is 0 Å². The quantitative estimate of drug-likeness (QED) is 0.192. The summed E-state index contributed by atoms with van der Waals surface area (Å²) < 4.78 is 3.34. The van der Waals surface area contributed by atoms with Crippen LogP contribution in [-0.2, 0) is 30.7 Å². The number of hydrogen-bond acceptors (Lipinski definition) is 0. The van der Waals surface area contributed by atoms with Crippen molar-refractivity contribution in [2.24, 2.45) is 11.3 Å². The molecule has 0 aromatic heterocycles. The van der Waals surface area contributed by atoms with Crippen LogP contribution in [0.25, 0.3) is 23.3 Å². The molecule has 0 bridgehead atoms. The smallest absolute Gasteiger partial charge is 0.358 e. The van der Waals surface area contributed by atoms with Gasteiger partial charge in [-0.3, -0.25) is 6.08 Å².